The molecule has 1 fully saturated rings. The number of hydrogen-bond acceptors (Lipinski definition) is 2. The van der Waals surface area contributed by atoms with E-state index in [0.29, 0.717) is 12.5 Å². The molecule has 0 aliphatic heterocycles. The first-order chi connectivity index (χ1) is 7.29. The molecule has 1 aliphatic rings. The van der Waals surface area contributed by atoms with E-state index in [0.717, 1.165) is 12.2 Å². The van der Waals surface area contributed by atoms with Crippen molar-refractivity contribution in [1.29, 1.82) is 0 Å². The molecule has 2 N–H and O–H groups in total. The predicted octanol–water partition coefficient (Wildman–Crippen LogP) is 2.37. The van der Waals surface area contributed by atoms with Crippen LogP contribution in [-0.2, 0) is 6.42 Å². The fraction of sp³-hybridized carbons (Fsp3) is 0.538. The van der Waals surface area contributed by atoms with Gasteiger partial charge in [0.25, 0.3) is 0 Å². The monoisotopic (exact) mass is 205 g/mol. The zero-order valence-electron chi connectivity index (χ0n) is 9.28. The van der Waals surface area contributed by atoms with Crippen LogP contribution in [0.15, 0.2) is 24.3 Å². The lowest BCUT2D eigenvalue weighted by molar-refractivity contribution is 0.276. The number of aryl methyl sites for hydroxylation is 1. The number of rotatable bonds is 5. The van der Waals surface area contributed by atoms with Crippen LogP contribution in [0.25, 0.3) is 0 Å². The van der Waals surface area contributed by atoms with Crippen molar-refractivity contribution in [2.45, 2.75) is 32.2 Å². The highest BCUT2D eigenvalue weighted by atomic mass is 16.5. The zero-order valence-corrected chi connectivity index (χ0v) is 9.28. The highest BCUT2D eigenvalue weighted by Gasteiger charge is 2.28. The van der Waals surface area contributed by atoms with Crippen molar-refractivity contribution >= 4 is 0 Å². The van der Waals surface area contributed by atoms with E-state index < -0.39 is 0 Å². The van der Waals surface area contributed by atoms with Gasteiger partial charge < -0.3 is 10.5 Å². The molecular formula is C13H19NO. The molecule has 1 aromatic rings. The summed E-state index contributed by atoms with van der Waals surface area (Å²) in [6, 6.07) is 8.49. The quantitative estimate of drug-likeness (QED) is 0.801. The molecule has 1 aromatic carbocycles. The summed E-state index contributed by atoms with van der Waals surface area (Å²) in [5.41, 5.74) is 7.30. The molecule has 82 valence electrons. The highest BCUT2D eigenvalue weighted by molar-refractivity contribution is 5.27. The Labute approximate surface area is 91.4 Å². The largest absolute Gasteiger partial charge is 0.492 e. The van der Waals surface area contributed by atoms with Crippen LogP contribution in [0.1, 0.15) is 25.3 Å². The Bertz CT molecular complexity index is 303. The Kier molecular flexibility index (Phi) is 3.27. The van der Waals surface area contributed by atoms with Crippen LogP contribution in [0.2, 0.25) is 0 Å². The summed E-state index contributed by atoms with van der Waals surface area (Å²) >= 11 is 0. The molecule has 0 saturated heterocycles. The van der Waals surface area contributed by atoms with Gasteiger partial charge in [-0.25, -0.2) is 0 Å². The lowest BCUT2D eigenvalue weighted by Gasteiger charge is -2.12. The van der Waals surface area contributed by atoms with Gasteiger partial charge in [0.15, 0.2) is 0 Å². The van der Waals surface area contributed by atoms with Crippen molar-refractivity contribution in [1.82, 2.24) is 0 Å². The Morgan fingerprint density at radius 2 is 2.00 bits per heavy atom. The first-order valence-electron chi connectivity index (χ1n) is 5.77. The van der Waals surface area contributed by atoms with E-state index in [4.69, 9.17) is 10.5 Å². The van der Waals surface area contributed by atoms with Crippen LogP contribution < -0.4 is 10.5 Å². The third-order valence-electron chi connectivity index (χ3n) is 3.00. The van der Waals surface area contributed by atoms with Crippen molar-refractivity contribution in [2.24, 2.45) is 11.7 Å². The number of benzene rings is 1. The van der Waals surface area contributed by atoms with Crippen molar-refractivity contribution in [2.75, 3.05) is 6.61 Å². The number of hydrogen-bond donors (Lipinski definition) is 1. The summed E-state index contributed by atoms with van der Waals surface area (Å²) in [6.45, 7) is 2.80. The lowest BCUT2D eigenvalue weighted by Crippen LogP contribution is -2.29. The molecule has 0 spiro atoms. The summed E-state index contributed by atoms with van der Waals surface area (Å²) in [5.74, 6) is 1.64. The number of nitrogens with two attached hydrogens (primary N) is 1. The molecule has 2 heteroatoms. The second-order valence-electron chi connectivity index (χ2n) is 4.31. The molecule has 1 aliphatic carbocycles. The van der Waals surface area contributed by atoms with E-state index in [1.165, 1.54) is 18.4 Å². The molecule has 0 aromatic heterocycles. The standard InChI is InChI=1S/C13H19NO/c1-2-10-3-7-12(8-4-10)15-9-13(14)11-5-6-11/h3-4,7-8,11,13H,2,5-6,9,14H2,1H3/t13-/m0/s1. The normalized spacial score (nSPS) is 17.5. The van der Waals surface area contributed by atoms with Gasteiger partial charge in [0.1, 0.15) is 12.4 Å². The fourth-order valence-corrected chi connectivity index (χ4v) is 1.67. The molecule has 2 nitrogen and oxygen atoms in total. The Hall–Kier alpha value is -1.02. The van der Waals surface area contributed by atoms with Gasteiger partial charge in [-0.3, -0.25) is 0 Å². The third-order valence-corrected chi connectivity index (χ3v) is 3.00. The molecular weight excluding hydrogens is 186 g/mol. The maximum absolute atomic E-state index is 5.96. The van der Waals surface area contributed by atoms with E-state index in [1.54, 1.807) is 0 Å². The van der Waals surface area contributed by atoms with Crippen molar-refractivity contribution in [3.05, 3.63) is 29.8 Å². The zero-order chi connectivity index (χ0) is 10.7. The minimum Gasteiger partial charge on any atom is -0.492 e. The summed E-state index contributed by atoms with van der Waals surface area (Å²) in [5, 5.41) is 0. The van der Waals surface area contributed by atoms with Gasteiger partial charge in [-0.1, -0.05) is 19.1 Å². The third kappa shape index (κ3) is 2.96. The molecule has 0 heterocycles. The Balaban J connectivity index is 1.81. The van der Waals surface area contributed by atoms with Crippen LogP contribution in [-0.4, -0.2) is 12.6 Å². The smallest absolute Gasteiger partial charge is 0.119 e. The van der Waals surface area contributed by atoms with Crippen molar-refractivity contribution in [3.8, 4) is 5.75 Å². The summed E-state index contributed by atoms with van der Waals surface area (Å²) in [4.78, 5) is 0. The van der Waals surface area contributed by atoms with Gasteiger partial charge in [0.2, 0.25) is 0 Å². The molecule has 1 atom stereocenters. The highest BCUT2D eigenvalue weighted by Crippen LogP contribution is 2.31. The topological polar surface area (TPSA) is 35.2 Å². The number of ether oxygens (including phenoxy) is 1. The van der Waals surface area contributed by atoms with E-state index in [9.17, 15) is 0 Å². The minimum absolute atomic E-state index is 0.218. The van der Waals surface area contributed by atoms with E-state index in [2.05, 4.69) is 19.1 Å². The summed E-state index contributed by atoms with van der Waals surface area (Å²) in [6.07, 6.45) is 3.63. The molecule has 15 heavy (non-hydrogen) atoms. The van der Waals surface area contributed by atoms with Crippen LogP contribution in [0.4, 0.5) is 0 Å². The van der Waals surface area contributed by atoms with Crippen LogP contribution >= 0.6 is 0 Å². The van der Waals surface area contributed by atoms with E-state index in [1.807, 2.05) is 12.1 Å². The van der Waals surface area contributed by atoms with Gasteiger partial charge in [-0.2, -0.15) is 0 Å². The average Bonchev–Trinajstić information content (AvgIpc) is 3.10. The fourth-order valence-electron chi connectivity index (χ4n) is 1.67. The van der Waals surface area contributed by atoms with Crippen LogP contribution in [0, 0.1) is 5.92 Å². The molecule has 0 bridgehead atoms. The second-order valence-corrected chi connectivity index (χ2v) is 4.31. The van der Waals surface area contributed by atoms with Gasteiger partial charge in [0.05, 0.1) is 0 Å². The van der Waals surface area contributed by atoms with E-state index in [-0.39, 0.29) is 6.04 Å². The van der Waals surface area contributed by atoms with Crippen molar-refractivity contribution in [3.63, 3.8) is 0 Å². The van der Waals surface area contributed by atoms with Crippen LogP contribution in [0.5, 0.6) is 5.75 Å². The van der Waals surface area contributed by atoms with Crippen molar-refractivity contribution < 1.29 is 4.74 Å². The van der Waals surface area contributed by atoms with Gasteiger partial charge in [-0.05, 0) is 42.9 Å². The van der Waals surface area contributed by atoms with Gasteiger partial charge in [-0.15, -0.1) is 0 Å². The summed E-state index contributed by atoms with van der Waals surface area (Å²) in [7, 11) is 0. The molecule has 2 rings (SSSR count). The van der Waals surface area contributed by atoms with Crippen LogP contribution in [0.3, 0.4) is 0 Å². The molecule has 0 amide bonds. The maximum Gasteiger partial charge on any atom is 0.119 e. The maximum atomic E-state index is 5.96. The second kappa shape index (κ2) is 4.67. The Morgan fingerprint density at radius 3 is 2.53 bits per heavy atom. The lowest BCUT2D eigenvalue weighted by atomic mass is 10.2. The van der Waals surface area contributed by atoms with E-state index >= 15 is 0 Å². The summed E-state index contributed by atoms with van der Waals surface area (Å²) < 4.78 is 5.64. The van der Waals surface area contributed by atoms with Gasteiger partial charge >= 0.3 is 0 Å². The first-order valence-corrected chi connectivity index (χ1v) is 5.77. The predicted molar refractivity (Wildman–Crippen MR) is 62.0 cm³/mol. The molecule has 0 unspecified atom stereocenters. The molecule has 0 radical (unpaired) electrons. The Morgan fingerprint density at radius 1 is 1.33 bits per heavy atom. The SMILES string of the molecule is CCc1ccc(OC[C@H](N)C2CC2)cc1. The molecule has 1 saturated carbocycles. The first kappa shape index (κ1) is 10.5. The minimum atomic E-state index is 0.218. The van der Waals surface area contributed by atoms with Gasteiger partial charge in [0, 0.05) is 6.04 Å². The average molecular weight is 205 g/mol.